The minimum absolute atomic E-state index is 0.106. The van der Waals surface area contributed by atoms with Crippen molar-refractivity contribution in [3.05, 3.63) is 133 Å². The van der Waals surface area contributed by atoms with Crippen molar-refractivity contribution in [2.24, 2.45) is 0 Å². The normalized spacial score (nSPS) is 12.5. The molecule has 4 nitrogen and oxygen atoms in total. The van der Waals surface area contributed by atoms with Crippen LogP contribution in [0.1, 0.15) is 20.3 Å². The maximum atomic E-state index is 6.93. The number of likely N-dealkylation sites (N-methyl/N-ethyl adjacent to an activating group) is 1. The Kier molecular flexibility index (Phi) is 8.51. The topological polar surface area (TPSA) is 38.8 Å². The molecule has 0 saturated heterocycles. The van der Waals surface area contributed by atoms with E-state index in [0.717, 1.165) is 45.7 Å². The van der Waals surface area contributed by atoms with Crippen LogP contribution in [0.15, 0.2) is 142 Å². The van der Waals surface area contributed by atoms with Crippen LogP contribution in [0.3, 0.4) is 0 Å². The van der Waals surface area contributed by atoms with Gasteiger partial charge in [0, 0.05) is 34.0 Å². The van der Waals surface area contributed by atoms with Crippen LogP contribution >= 0.6 is 16.3 Å². The number of hydrogen-bond acceptors (Lipinski definition) is 4. The first kappa shape index (κ1) is 28.8. The number of rotatable bonds is 9. The summed E-state index contributed by atoms with van der Waals surface area (Å²) in [5.41, 5.74) is 1.71. The van der Waals surface area contributed by atoms with E-state index in [2.05, 4.69) is 152 Å². The van der Waals surface area contributed by atoms with Gasteiger partial charge in [-0.2, -0.15) is 4.67 Å². The van der Waals surface area contributed by atoms with Crippen LogP contribution in [0.25, 0.3) is 43.5 Å². The van der Waals surface area contributed by atoms with E-state index < -0.39 is 16.3 Å². The lowest BCUT2D eigenvalue weighted by atomic mass is 9.99. The summed E-state index contributed by atoms with van der Waals surface area (Å²) in [6.45, 7) is 5.75. The van der Waals surface area contributed by atoms with E-state index in [9.17, 15) is 0 Å². The van der Waals surface area contributed by atoms with Crippen molar-refractivity contribution in [3.63, 3.8) is 0 Å². The first-order valence-corrected chi connectivity index (χ1v) is 17.6. The molecule has 0 aliphatic heterocycles. The summed E-state index contributed by atoms with van der Waals surface area (Å²) in [5.74, 6) is 0. The minimum atomic E-state index is -1.47. The fourth-order valence-electron chi connectivity index (χ4n) is 5.97. The largest absolute Gasteiger partial charge is 0.408 e. The molecule has 0 bridgehead atoms. The smallest absolute Gasteiger partial charge is 0.310 e. The quantitative estimate of drug-likeness (QED) is 0.152. The van der Waals surface area contributed by atoms with Crippen LogP contribution in [0, 0.1) is 0 Å². The Morgan fingerprint density at radius 3 is 1.57 bits per heavy atom. The average molecular weight is 616 g/mol. The first-order valence-electron chi connectivity index (χ1n) is 15.2. The van der Waals surface area contributed by atoms with Crippen LogP contribution < -0.4 is 15.3 Å². The highest BCUT2D eigenvalue weighted by Gasteiger charge is 2.25. The van der Waals surface area contributed by atoms with E-state index in [1.54, 1.807) is 0 Å². The van der Waals surface area contributed by atoms with Crippen molar-refractivity contribution in [2.75, 3.05) is 17.8 Å². The number of hydrogen-bond donors (Lipinski definition) is 0. The molecule has 6 heteroatoms. The third-order valence-electron chi connectivity index (χ3n) is 8.19. The highest BCUT2D eigenvalue weighted by atomic mass is 31.1. The van der Waals surface area contributed by atoms with Crippen LogP contribution in [0.5, 0.6) is 0 Å². The third kappa shape index (κ3) is 5.56. The monoisotopic (exact) mass is 615 g/mol. The second kappa shape index (κ2) is 13.0. The highest BCUT2D eigenvalue weighted by molar-refractivity contribution is 7.68. The third-order valence-corrected chi connectivity index (χ3v) is 11.9. The maximum Gasteiger partial charge on any atom is 0.310 e. The van der Waals surface area contributed by atoms with Crippen molar-refractivity contribution in [1.82, 2.24) is 0 Å². The Bertz CT molecular complexity index is 1940. The van der Waals surface area contributed by atoms with Gasteiger partial charge in [-0.15, -0.1) is 0 Å². The fourth-order valence-corrected chi connectivity index (χ4v) is 9.39. The van der Waals surface area contributed by atoms with Gasteiger partial charge in [-0.1, -0.05) is 135 Å². The Morgan fingerprint density at radius 2 is 1.09 bits per heavy atom. The molecule has 0 aliphatic carbocycles. The molecule has 1 aromatic heterocycles. The lowest BCUT2D eigenvalue weighted by Gasteiger charge is -2.28. The molecule has 44 heavy (non-hydrogen) atoms. The standard InChI is InChI=1S/C38H35NO3P2/c1-3-30(27-40-43(31-17-7-5-8-18-31)32-19-9-6-10-20-32)39(4-2)44-41-35-25-23-28-15-11-13-21-33(28)37(35)38-34-22-14-12-16-29(34)24-26-36(38)42-44/h5-26,30H,3-4,27H2,1-2H3/t30-/m0/s1. The van der Waals surface area contributed by atoms with Gasteiger partial charge in [0.1, 0.15) is 11.2 Å². The molecule has 0 aliphatic rings. The van der Waals surface area contributed by atoms with Gasteiger partial charge in [0.25, 0.3) is 0 Å². The zero-order chi connectivity index (χ0) is 29.9. The van der Waals surface area contributed by atoms with Crippen molar-refractivity contribution in [1.29, 1.82) is 0 Å². The van der Waals surface area contributed by atoms with Gasteiger partial charge in [0.2, 0.25) is 0 Å². The van der Waals surface area contributed by atoms with E-state index in [4.69, 9.17) is 12.9 Å². The van der Waals surface area contributed by atoms with Gasteiger partial charge in [-0.05, 0) is 40.1 Å². The van der Waals surface area contributed by atoms with Crippen LogP contribution in [0.2, 0.25) is 0 Å². The zero-order valence-electron chi connectivity index (χ0n) is 25.0. The van der Waals surface area contributed by atoms with Gasteiger partial charge < -0.3 is 12.9 Å². The molecule has 7 rings (SSSR count). The number of nitrogens with zero attached hydrogens (tertiary/aromatic N) is 1. The average Bonchev–Trinajstić information content (AvgIpc) is 3.26. The summed E-state index contributed by atoms with van der Waals surface area (Å²) < 4.78 is 23.1. The summed E-state index contributed by atoms with van der Waals surface area (Å²) in [7, 11) is -2.44. The Balaban J connectivity index is 1.36. The molecule has 1 heterocycles. The van der Waals surface area contributed by atoms with E-state index in [0.29, 0.717) is 6.61 Å². The molecular formula is C38H35NO3P2. The summed E-state index contributed by atoms with van der Waals surface area (Å²) in [5, 5.41) is 9.30. The molecule has 0 unspecified atom stereocenters. The molecule has 0 fully saturated rings. The lowest BCUT2D eigenvalue weighted by Crippen LogP contribution is -2.36. The fraction of sp³-hybridized carbons (Fsp3) is 0.158. The van der Waals surface area contributed by atoms with Gasteiger partial charge in [-0.3, -0.25) is 0 Å². The van der Waals surface area contributed by atoms with E-state index in [1.165, 1.54) is 21.4 Å². The molecule has 0 amide bonds. The van der Waals surface area contributed by atoms with Gasteiger partial charge in [-0.25, -0.2) is 0 Å². The Hall–Kier alpha value is -3.91. The highest BCUT2D eigenvalue weighted by Crippen LogP contribution is 2.43. The van der Waals surface area contributed by atoms with Crippen LogP contribution in [-0.4, -0.2) is 19.2 Å². The second-order valence-electron chi connectivity index (χ2n) is 10.8. The van der Waals surface area contributed by atoms with Crippen molar-refractivity contribution in [2.45, 2.75) is 26.3 Å². The summed E-state index contributed by atoms with van der Waals surface area (Å²) in [6.07, 6.45) is 0.904. The summed E-state index contributed by atoms with van der Waals surface area (Å²) in [6, 6.07) is 46.9. The minimum Gasteiger partial charge on any atom is -0.408 e. The lowest BCUT2D eigenvalue weighted by molar-refractivity contribution is 0.314. The maximum absolute atomic E-state index is 6.93. The predicted octanol–water partition coefficient (Wildman–Crippen LogP) is 10.4. The second-order valence-corrected chi connectivity index (χ2v) is 14.1. The summed E-state index contributed by atoms with van der Waals surface area (Å²) >= 11 is 0. The van der Waals surface area contributed by atoms with E-state index in [-0.39, 0.29) is 6.04 Å². The number of fused-ring (bicyclic) bond motifs is 7. The molecule has 0 saturated carbocycles. The molecular weight excluding hydrogens is 580 g/mol. The molecule has 0 spiro atoms. The van der Waals surface area contributed by atoms with Crippen molar-refractivity contribution >= 4 is 70.4 Å². The van der Waals surface area contributed by atoms with E-state index >= 15 is 0 Å². The molecule has 0 N–H and O–H groups in total. The van der Waals surface area contributed by atoms with Gasteiger partial charge >= 0.3 is 8.16 Å². The molecule has 0 radical (unpaired) electrons. The first-order chi connectivity index (χ1) is 21.7. The molecule has 7 aromatic rings. The number of benzene rings is 6. The van der Waals surface area contributed by atoms with Gasteiger partial charge in [0.05, 0.1) is 14.8 Å². The molecule has 220 valence electrons. The van der Waals surface area contributed by atoms with Gasteiger partial charge in [0.15, 0.2) is 0 Å². The van der Waals surface area contributed by atoms with Crippen LogP contribution in [-0.2, 0) is 4.52 Å². The van der Waals surface area contributed by atoms with Crippen molar-refractivity contribution in [3.8, 4) is 0 Å². The predicted molar refractivity (Wildman–Crippen MR) is 189 cm³/mol. The van der Waals surface area contributed by atoms with E-state index in [1.807, 2.05) is 0 Å². The Labute approximate surface area is 260 Å². The van der Waals surface area contributed by atoms with Crippen LogP contribution in [0.4, 0.5) is 0 Å². The van der Waals surface area contributed by atoms with Crippen molar-refractivity contribution < 1.29 is 12.9 Å². The zero-order valence-corrected chi connectivity index (χ0v) is 26.8. The Morgan fingerprint density at radius 1 is 0.614 bits per heavy atom. The summed E-state index contributed by atoms with van der Waals surface area (Å²) in [4.78, 5) is 0. The molecule has 1 atom stereocenters. The molecule has 6 aromatic carbocycles. The SMILES string of the molecule is CC[C@@H](COP(c1ccccc1)c1ccccc1)N(CC)p1oc2ccc3ccccc3c2c2c(ccc3ccccc32)o1.